The van der Waals surface area contributed by atoms with Crippen molar-refractivity contribution in [1.29, 1.82) is 0 Å². The van der Waals surface area contributed by atoms with E-state index in [9.17, 15) is 8.42 Å². The highest BCUT2D eigenvalue weighted by Gasteiger charge is 2.21. The predicted octanol–water partition coefficient (Wildman–Crippen LogP) is 5.41. The van der Waals surface area contributed by atoms with Crippen LogP contribution in [0.1, 0.15) is 22.3 Å². The molecule has 0 spiro atoms. The van der Waals surface area contributed by atoms with Gasteiger partial charge >= 0.3 is 0 Å². The number of fused-ring (bicyclic) bond motifs is 1. The van der Waals surface area contributed by atoms with Gasteiger partial charge in [-0.2, -0.15) is 0 Å². The molecule has 0 unspecified atom stereocenters. The first kappa shape index (κ1) is 20.8. The largest absolute Gasteiger partial charge is 0.337 e. The van der Waals surface area contributed by atoms with E-state index in [1.54, 1.807) is 37.3 Å². The first-order chi connectivity index (χ1) is 14.7. The molecule has 0 radical (unpaired) electrons. The van der Waals surface area contributed by atoms with Crippen LogP contribution in [0.3, 0.4) is 0 Å². The van der Waals surface area contributed by atoms with Gasteiger partial charge in [0.2, 0.25) is 0 Å². The second kappa shape index (κ2) is 8.00. The lowest BCUT2D eigenvalue weighted by Gasteiger charge is -2.17. The number of hydrogen-bond acceptors (Lipinski definition) is 5. The Labute approximate surface area is 182 Å². The van der Waals surface area contributed by atoms with E-state index < -0.39 is 10.0 Å². The van der Waals surface area contributed by atoms with Crippen molar-refractivity contribution in [2.75, 3.05) is 10.0 Å². The van der Waals surface area contributed by atoms with Gasteiger partial charge in [0, 0.05) is 5.69 Å². The third-order valence-electron chi connectivity index (χ3n) is 5.11. The fourth-order valence-electron chi connectivity index (χ4n) is 3.69. The van der Waals surface area contributed by atoms with Crippen LogP contribution in [-0.4, -0.2) is 18.4 Å². The van der Waals surface area contributed by atoms with Gasteiger partial charge in [-0.05, 0) is 62.6 Å². The topological polar surface area (TPSA) is 84.0 Å². The Morgan fingerprint density at radius 3 is 1.87 bits per heavy atom. The molecule has 158 valence electrons. The van der Waals surface area contributed by atoms with Gasteiger partial charge in [-0.25, -0.2) is 18.4 Å². The lowest BCUT2D eigenvalue weighted by Crippen LogP contribution is -2.17. The lowest BCUT2D eigenvalue weighted by atomic mass is 10.1. The molecule has 3 aromatic carbocycles. The highest BCUT2D eigenvalue weighted by atomic mass is 32.2. The molecule has 0 bridgehead atoms. The van der Waals surface area contributed by atoms with Crippen LogP contribution in [0, 0.1) is 27.7 Å². The van der Waals surface area contributed by atoms with E-state index in [0.717, 1.165) is 22.4 Å². The van der Waals surface area contributed by atoms with Crippen LogP contribution in [0.4, 0.5) is 17.3 Å². The van der Waals surface area contributed by atoms with Crippen molar-refractivity contribution in [3.05, 3.63) is 82.9 Å². The number of benzene rings is 3. The number of nitrogens with zero attached hydrogens (tertiary/aromatic N) is 2. The molecular formula is C24H24N4O2S. The number of nitrogens with one attached hydrogen (secondary N) is 2. The van der Waals surface area contributed by atoms with E-state index in [1.165, 1.54) is 0 Å². The smallest absolute Gasteiger partial charge is 0.263 e. The monoisotopic (exact) mass is 432 g/mol. The average Bonchev–Trinajstić information content (AvgIpc) is 2.70. The minimum absolute atomic E-state index is 0.154. The standard InChI is InChI=1S/C24H24N4O2S/c1-15-13-17(3)22(18(4)14-15)27-23-24(26-20-11-7-6-10-19(20)25-23)28-31(29,30)21-12-8-5-9-16(21)2/h5-14H,1-4H3,(H,25,27)(H,26,28). The molecule has 6 nitrogen and oxygen atoms in total. The zero-order valence-corrected chi connectivity index (χ0v) is 18.7. The minimum atomic E-state index is -3.85. The fraction of sp³-hybridized carbons (Fsp3) is 0.167. The van der Waals surface area contributed by atoms with E-state index in [4.69, 9.17) is 0 Å². The van der Waals surface area contributed by atoms with E-state index in [2.05, 4.69) is 32.1 Å². The zero-order chi connectivity index (χ0) is 22.2. The van der Waals surface area contributed by atoms with Crippen LogP contribution in [0.2, 0.25) is 0 Å². The third-order valence-corrected chi connectivity index (χ3v) is 6.60. The molecule has 1 aromatic heterocycles. The summed E-state index contributed by atoms with van der Waals surface area (Å²) < 4.78 is 28.9. The van der Waals surface area contributed by atoms with Gasteiger partial charge in [-0.15, -0.1) is 0 Å². The molecule has 0 amide bonds. The van der Waals surface area contributed by atoms with E-state index >= 15 is 0 Å². The molecule has 4 aromatic rings. The van der Waals surface area contributed by atoms with Gasteiger partial charge in [0.1, 0.15) is 0 Å². The van der Waals surface area contributed by atoms with Crippen LogP contribution in [0.15, 0.2) is 65.6 Å². The number of rotatable bonds is 5. The predicted molar refractivity (Wildman–Crippen MR) is 125 cm³/mol. The molecule has 2 N–H and O–H groups in total. The summed E-state index contributed by atoms with van der Waals surface area (Å²) in [5.74, 6) is 0.507. The van der Waals surface area contributed by atoms with Gasteiger partial charge in [0.05, 0.1) is 15.9 Å². The van der Waals surface area contributed by atoms with Crippen molar-refractivity contribution >= 4 is 38.4 Å². The summed E-state index contributed by atoms with van der Waals surface area (Å²) in [4.78, 5) is 9.46. The second-order valence-electron chi connectivity index (χ2n) is 7.68. The first-order valence-electron chi connectivity index (χ1n) is 9.95. The van der Waals surface area contributed by atoms with Gasteiger partial charge in [0.15, 0.2) is 11.6 Å². The molecule has 7 heteroatoms. The summed E-state index contributed by atoms with van der Waals surface area (Å²) in [6, 6.07) is 18.4. The van der Waals surface area contributed by atoms with Gasteiger partial charge in [-0.3, -0.25) is 4.72 Å². The van der Waals surface area contributed by atoms with Gasteiger partial charge in [0.25, 0.3) is 10.0 Å². The molecule has 4 rings (SSSR count). The number of para-hydroxylation sites is 2. The summed E-state index contributed by atoms with van der Waals surface area (Å²) in [5.41, 5.74) is 6.06. The van der Waals surface area contributed by atoms with Crippen molar-refractivity contribution in [2.24, 2.45) is 0 Å². The van der Waals surface area contributed by atoms with Crippen LogP contribution in [0.5, 0.6) is 0 Å². The first-order valence-corrected chi connectivity index (χ1v) is 11.4. The van der Waals surface area contributed by atoms with E-state index in [0.29, 0.717) is 22.4 Å². The SMILES string of the molecule is Cc1cc(C)c(Nc2nc3ccccc3nc2NS(=O)(=O)c2ccccc2C)c(C)c1. The average molecular weight is 433 g/mol. The Bertz CT molecular complexity index is 1380. The Balaban J connectivity index is 1.84. The van der Waals surface area contributed by atoms with Crippen LogP contribution in [0.25, 0.3) is 11.0 Å². The summed E-state index contributed by atoms with van der Waals surface area (Å²) in [5, 5.41) is 3.32. The Kier molecular flexibility index (Phi) is 5.37. The molecule has 0 fully saturated rings. The minimum Gasteiger partial charge on any atom is -0.337 e. The number of sulfonamides is 1. The highest BCUT2D eigenvalue weighted by Crippen LogP contribution is 2.31. The zero-order valence-electron chi connectivity index (χ0n) is 17.9. The molecule has 0 atom stereocenters. The maximum absolute atomic E-state index is 13.1. The Hall–Kier alpha value is -3.45. The molecule has 0 aliphatic rings. The van der Waals surface area contributed by atoms with Gasteiger partial charge in [-0.1, -0.05) is 48.0 Å². The molecule has 31 heavy (non-hydrogen) atoms. The Morgan fingerprint density at radius 1 is 0.710 bits per heavy atom. The number of hydrogen-bond donors (Lipinski definition) is 2. The summed E-state index contributed by atoms with van der Waals surface area (Å²) in [7, 11) is -3.85. The molecular weight excluding hydrogens is 408 g/mol. The number of aromatic nitrogens is 2. The maximum Gasteiger partial charge on any atom is 0.263 e. The highest BCUT2D eigenvalue weighted by molar-refractivity contribution is 7.92. The van der Waals surface area contributed by atoms with Crippen molar-refractivity contribution in [1.82, 2.24) is 9.97 Å². The number of aryl methyl sites for hydroxylation is 4. The lowest BCUT2D eigenvalue weighted by molar-refractivity contribution is 0.600. The number of anilines is 3. The molecule has 1 heterocycles. The van der Waals surface area contributed by atoms with Crippen LogP contribution < -0.4 is 10.0 Å². The van der Waals surface area contributed by atoms with E-state index in [-0.39, 0.29) is 10.7 Å². The Morgan fingerprint density at radius 2 is 1.26 bits per heavy atom. The summed E-state index contributed by atoms with van der Waals surface area (Å²) in [6.45, 7) is 7.82. The van der Waals surface area contributed by atoms with Crippen molar-refractivity contribution in [2.45, 2.75) is 32.6 Å². The second-order valence-corrected chi connectivity index (χ2v) is 9.33. The molecule has 0 aliphatic carbocycles. The summed E-state index contributed by atoms with van der Waals surface area (Å²) in [6.07, 6.45) is 0. The van der Waals surface area contributed by atoms with Crippen molar-refractivity contribution < 1.29 is 8.42 Å². The fourth-order valence-corrected chi connectivity index (χ4v) is 4.95. The maximum atomic E-state index is 13.1. The van der Waals surface area contributed by atoms with Gasteiger partial charge < -0.3 is 5.32 Å². The quantitative estimate of drug-likeness (QED) is 0.441. The van der Waals surface area contributed by atoms with Crippen LogP contribution in [-0.2, 0) is 10.0 Å². The molecule has 0 saturated heterocycles. The van der Waals surface area contributed by atoms with Crippen LogP contribution >= 0.6 is 0 Å². The molecule has 0 saturated carbocycles. The molecule has 0 aliphatic heterocycles. The van der Waals surface area contributed by atoms with E-state index in [1.807, 2.05) is 39.0 Å². The normalized spacial score (nSPS) is 11.5. The summed E-state index contributed by atoms with van der Waals surface area (Å²) >= 11 is 0. The third kappa shape index (κ3) is 4.22. The van der Waals surface area contributed by atoms with Crippen molar-refractivity contribution in [3.8, 4) is 0 Å². The van der Waals surface area contributed by atoms with Crippen molar-refractivity contribution in [3.63, 3.8) is 0 Å².